The van der Waals surface area contributed by atoms with E-state index in [1.807, 2.05) is 18.2 Å². The van der Waals surface area contributed by atoms with Crippen molar-refractivity contribution in [2.24, 2.45) is 0 Å². The molecule has 0 bridgehead atoms. The molecule has 0 aliphatic carbocycles. The van der Waals surface area contributed by atoms with E-state index in [2.05, 4.69) is 22.0 Å². The van der Waals surface area contributed by atoms with Gasteiger partial charge in [0.25, 0.3) is 0 Å². The summed E-state index contributed by atoms with van der Waals surface area (Å²) in [5.74, 6) is 0. The largest absolute Gasteiger partial charge is 0.396 e. The fourth-order valence-electron chi connectivity index (χ4n) is 1.75. The van der Waals surface area contributed by atoms with Crippen LogP contribution in [0.1, 0.15) is 12.0 Å². The number of halogens is 1. The Bertz CT molecular complexity index is 343. The van der Waals surface area contributed by atoms with Gasteiger partial charge in [0.2, 0.25) is 0 Å². The van der Waals surface area contributed by atoms with Crippen molar-refractivity contribution >= 4 is 15.9 Å². The Hall–Kier alpha value is -0.420. The van der Waals surface area contributed by atoms with Gasteiger partial charge in [-0.2, -0.15) is 0 Å². The van der Waals surface area contributed by atoms with Crippen molar-refractivity contribution in [2.45, 2.75) is 25.2 Å². The van der Waals surface area contributed by atoms with Crippen molar-refractivity contribution in [1.82, 2.24) is 0 Å². The highest BCUT2D eigenvalue weighted by molar-refractivity contribution is 9.10. The SMILES string of the molecule is OCC[C@H]1COC(Cc2ccccc2Br)O1. The van der Waals surface area contributed by atoms with Crippen molar-refractivity contribution in [3.8, 4) is 0 Å². The first-order valence-electron chi connectivity index (χ1n) is 5.41. The van der Waals surface area contributed by atoms with Crippen LogP contribution < -0.4 is 0 Å². The molecule has 1 aromatic rings. The van der Waals surface area contributed by atoms with E-state index in [0.717, 1.165) is 10.9 Å². The Kier molecular flexibility index (Phi) is 4.35. The molecule has 0 amide bonds. The first-order valence-corrected chi connectivity index (χ1v) is 6.20. The van der Waals surface area contributed by atoms with Crippen LogP contribution in [-0.2, 0) is 15.9 Å². The molecule has 1 fully saturated rings. The number of hydrogen-bond donors (Lipinski definition) is 1. The van der Waals surface area contributed by atoms with Crippen LogP contribution in [0.15, 0.2) is 28.7 Å². The second kappa shape index (κ2) is 5.77. The molecule has 2 atom stereocenters. The van der Waals surface area contributed by atoms with Crippen molar-refractivity contribution in [1.29, 1.82) is 0 Å². The lowest BCUT2D eigenvalue weighted by Crippen LogP contribution is -2.15. The molecular formula is C12H15BrO3. The summed E-state index contributed by atoms with van der Waals surface area (Å²) in [6, 6.07) is 8.05. The van der Waals surface area contributed by atoms with E-state index >= 15 is 0 Å². The number of ether oxygens (including phenoxy) is 2. The lowest BCUT2D eigenvalue weighted by molar-refractivity contribution is -0.0584. The Labute approximate surface area is 104 Å². The number of aliphatic hydroxyl groups is 1. The van der Waals surface area contributed by atoms with Crippen LogP contribution in [0.5, 0.6) is 0 Å². The molecular weight excluding hydrogens is 272 g/mol. The first kappa shape index (κ1) is 12.0. The molecule has 1 aromatic carbocycles. The predicted octanol–water partition coefficient (Wildman–Crippen LogP) is 2.12. The molecule has 0 spiro atoms. The quantitative estimate of drug-likeness (QED) is 0.922. The average Bonchev–Trinajstić information content (AvgIpc) is 2.70. The molecule has 1 N–H and O–H groups in total. The van der Waals surface area contributed by atoms with Crippen molar-refractivity contribution < 1.29 is 14.6 Å². The Morgan fingerprint density at radius 1 is 1.38 bits per heavy atom. The van der Waals surface area contributed by atoms with Gasteiger partial charge in [-0.25, -0.2) is 0 Å². The van der Waals surface area contributed by atoms with E-state index in [9.17, 15) is 0 Å². The zero-order chi connectivity index (χ0) is 11.4. The van der Waals surface area contributed by atoms with Gasteiger partial charge in [0.05, 0.1) is 12.7 Å². The highest BCUT2D eigenvalue weighted by Crippen LogP contribution is 2.22. The normalized spacial score (nSPS) is 24.9. The van der Waals surface area contributed by atoms with E-state index in [4.69, 9.17) is 14.6 Å². The van der Waals surface area contributed by atoms with Crippen LogP contribution in [-0.4, -0.2) is 30.7 Å². The fraction of sp³-hybridized carbons (Fsp3) is 0.500. The lowest BCUT2D eigenvalue weighted by Gasteiger charge is -2.11. The maximum absolute atomic E-state index is 8.80. The smallest absolute Gasteiger partial charge is 0.162 e. The molecule has 1 heterocycles. The third-order valence-corrected chi connectivity index (χ3v) is 3.38. The van der Waals surface area contributed by atoms with Gasteiger partial charge in [-0.3, -0.25) is 0 Å². The highest BCUT2D eigenvalue weighted by atomic mass is 79.9. The molecule has 2 rings (SSSR count). The number of rotatable bonds is 4. The number of benzene rings is 1. The minimum atomic E-state index is -0.185. The molecule has 88 valence electrons. The summed E-state index contributed by atoms with van der Waals surface area (Å²) in [6.45, 7) is 0.728. The zero-order valence-corrected chi connectivity index (χ0v) is 10.5. The van der Waals surface area contributed by atoms with Gasteiger partial charge in [0.15, 0.2) is 6.29 Å². The third-order valence-electron chi connectivity index (χ3n) is 2.61. The molecule has 0 aromatic heterocycles. The van der Waals surface area contributed by atoms with Crippen LogP contribution in [0, 0.1) is 0 Å². The molecule has 3 nitrogen and oxygen atoms in total. The summed E-state index contributed by atoms with van der Waals surface area (Å²) in [7, 11) is 0. The molecule has 0 radical (unpaired) electrons. The summed E-state index contributed by atoms with van der Waals surface area (Å²) < 4.78 is 12.3. The summed E-state index contributed by atoms with van der Waals surface area (Å²) in [5.41, 5.74) is 1.18. The highest BCUT2D eigenvalue weighted by Gasteiger charge is 2.25. The van der Waals surface area contributed by atoms with Gasteiger partial charge in [0.1, 0.15) is 0 Å². The van der Waals surface area contributed by atoms with Crippen molar-refractivity contribution in [3.63, 3.8) is 0 Å². The van der Waals surface area contributed by atoms with Crippen LogP contribution in [0.4, 0.5) is 0 Å². The Balaban J connectivity index is 1.90. The van der Waals surface area contributed by atoms with Crippen LogP contribution >= 0.6 is 15.9 Å². The molecule has 16 heavy (non-hydrogen) atoms. The van der Waals surface area contributed by atoms with E-state index in [1.165, 1.54) is 5.56 Å². The maximum atomic E-state index is 8.80. The second-order valence-corrected chi connectivity index (χ2v) is 4.68. The van der Waals surface area contributed by atoms with Crippen molar-refractivity contribution in [3.05, 3.63) is 34.3 Å². The third kappa shape index (κ3) is 3.04. The summed E-state index contributed by atoms with van der Waals surface area (Å²) >= 11 is 3.50. The summed E-state index contributed by atoms with van der Waals surface area (Å²) in [5, 5.41) is 8.80. The summed E-state index contributed by atoms with van der Waals surface area (Å²) in [6.07, 6.45) is 1.24. The molecule has 1 saturated heterocycles. The first-order chi connectivity index (χ1) is 7.79. The standard InChI is InChI=1S/C12H15BrO3/c13-11-4-2-1-3-9(11)7-12-15-8-10(16-12)5-6-14/h1-4,10,12,14H,5-8H2/t10-,12?/m0/s1. The molecule has 4 heteroatoms. The van der Waals surface area contributed by atoms with Gasteiger partial charge in [-0.05, 0) is 18.1 Å². The second-order valence-electron chi connectivity index (χ2n) is 3.83. The van der Waals surface area contributed by atoms with Crippen LogP contribution in [0.25, 0.3) is 0 Å². The predicted molar refractivity (Wildman–Crippen MR) is 64.2 cm³/mol. The minimum Gasteiger partial charge on any atom is -0.396 e. The minimum absolute atomic E-state index is 0.0393. The zero-order valence-electron chi connectivity index (χ0n) is 8.93. The van der Waals surface area contributed by atoms with E-state index in [0.29, 0.717) is 13.0 Å². The lowest BCUT2D eigenvalue weighted by atomic mass is 10.1. The van der Waals surface area contributed by atoms with Gasteiger partial charge in [-0.15, -0.1) is 0 Å². The Morgan fingerprint density at radius 2 is 2.19 bits per heavy atom. The molecule has 1 unspecified atom stereocenters. The number of hydrogen-bond acceptors (Lipinski definition) is 3. The molecule has 0 saturated carbocycles. The average molecular weight is 287 g/mol. The van der Waals surface area contributed by atoms with Gasteiger partial charge >= 0.3 is 0 Å². The van der Waals surface area contributed by atoms with E-state index in [-0.39, 0.29) is 19.0 Å². The number of aliphatic hydroxyl groups excluding tert-OH is 1. The topological polar surface area (TPSA) is 38.7 Å². The van der Waals surface area contributed by atoms with Gasteiger partial charge < -0.3 is 14.6 Å². The molecule has 1 aliphatic heterocycles. The Morgan fingerprint density at radius 3 is 2.94 bits per heavy atom. The molecule has 1 aliphatic rings. The summed E-state index contributed by atoms with van der Waals surface area (Å²) in [4.78, 5) is 0. The monoisotopic (exact) mass is 286 g/mol. The van der Waals surface area contributed by atoms with Crippen LogP contribution in [0.2, 0.25) is 0 Å². The fourth-order valence-corrected chi connectivity index (χ4v) is 2.20. The van der Waals surface area contributed by atoms with Crippen LogP contribution in [0.3, 0.4) is 0 Å². The van der Waals surface area contributed by atoms with Gasteiger partial charge in [0, 0.05) is 17.5 Å². The maximum Gasteiger partial charge on any atom is 0.162 e. The van der Waals surface area contributed by atoms with Crippen molar-refractivity contribution in [2.75, 3.05) is 13.2 Å². The van der Waals surface area contributed by atoms with Gasteiger partial charge in [-0.1, -0.05) is 34.1 Å². The van der Waals surface area contributed by atoms with E-state index in [1.54, 1.807) is 0 Å². The van der Waals surface area contributed by atoms with E-state index < -0.39 is 0 Å².